The van der Waals surface area contributed by atoms with Crippen LogP contribution in [0, 0.1) is 5.92 Å². The van der Waals surface area contributed by atoms with E-state index in [1.165, 1.54) is 0 Å². The van der Waals surface area contributed by atoms with Crippen molar-refractivity contribution in [3.63, 3.8) is 0 Å². The first-order chi connectivity index (χ1) is 7.59. The van der Waals surface area contributed by atoms with E-state index < -0.39 is 0 Å². The second kappa shape index (κ2) is 6.53. The van der Waals surface area contributed by atoms with Gasteiger partial charge in [0.05, 0.1) is 6.61 Å². The Kier molecular flexibility index (Phi) is 5.32. The van der Waals surface area contributed by atoms with E-state index in [0.29, 0.717) is 19.1 Å². The van der Waals surface area contributed by atoms with E-state index in [1.807, 2.05) is 38.1 Å². The highest BCUT2D eigenvalue weighted by Gasteiger charge is 2.04. The molecule has 4 heteroatoms. The summed E-state index contributed by atoms with van der Waals surface area (Å²) < 4.78 is 5.99. The molecule has 1 N–H and O–H groups in total. The number of benzene rings is 1. The van der Waals surface area contributed by atoms with E-state index in [0.717, 1.165) is 10.0 Å². The molecule has 1 amide bonds. The van der Waals surface area contributed by atoms with Crippen LogP contribution in [0.1, 0.15) is 19.4 Å². The van der Waals surface area contributed by atoms with Crippen molar-refractivity contribution in [1.29, 1.82) is 0 Å². The van der Waals surface area contributed by atoms with E-state index in [-0.39, 0.29) is 6.09 Å². The first kappa shape index (κ1) is 13.0. The molecule has 0 atom stereocenters. The zero-order valence-corrected chi connectivity index (χ0v) is 11.1. The van der Waals surface area contributed by atoms with Crippen molar-refractivity contribution in [3.05, 3.63) is 34.3 Å². The predicted octanol–water partition coefficient (Wildman–Crippen LogP) is 3.33. The predicted molar refractivity (Wildman–Crippen MR) is 67.2 cm³/mol. The molecule has 1 rings (SSSR count). The number of amides is 1. The normalized spacial score (nSPS) is 10.2. The molecule has 0 heterocycles. The van der Waals surface area contributed by atoms with Crippen molar-refractivity contribution < 1.29 is 9.53 Å². The van der Waals surface area contributed by atoms with Gasteiger partial charge < -0.3 is 10.1 Å². The maximum atomic E-state index is 11.3. The van der Waals surface area contributed by atoms with Crippen LogP contribution in [0.15, 0.2) is 28.7 Å². The van der Waals surface area contributed by atoms with Crippen LogP contribution in [0.4, 0.5) is 4.79 Å². The fourth-order valence-corrected chi connectivity index (χ4v) is 1.53. The number of carbonyl (C=O) groups excluding carboxylic acids is 1. The molecule has 88 valence electrons. The first-order valence-corrected chi connectivity index (χ1v) is 6.03. The van der Waals surface area contributed by atoms with Crippen LogP contribution >= 0.6 is 15.9 Å². The molecule has 16 heavy (non-hydrogen) atoms. The van der Waals surface area contributed by atoms with Gasteiger partial charge in [-0.05, 0) is 17.5 Å². The highest BCUT2D eigenvalue weighted by molar-refractivity contribution is 9.10. The Labute approximate surface area is 104 Å². The van der Waals surface area contributed by atoms with Gasteiger partial charge in [-0.3, -0.25) is 0 Å². The fraction of sp³-hybridized carbons (Fsp3) is 0.417. The van der Waals surface area contributed by atoms with Crippen LogP contribution in [0.5, 0.6) is 0 Å². The summed E-state index contributed by atoms with van der Waals surface area (Å²) in [6.45, 7) is 4.92. The lowest BCUT2D eigenvalue weighted by Crippen LogP contribution is -2.25. The molecule has 0 aliphatic carbocycles. The van der Waals surface area contributed by atoms with Crippen LogP contribution < -0.4 is 5.32 Å². The minimum absolute atomic E-state index is 0.356. The molecule has 0 aliphatic heterocycles. The number of hydrogen-bond acceptors (Lipinski definition) is 2. The number of nitrogens with one attached hydrogen (secondary N) is 1. The van der Waals surface area contributed by atoms with Crippen molar-refractivity contribution in [2.45, 2.75) is 20.4 Å². The Morgan fingerprint density at radius 1 is 1.44 bits per heavy atom. The van der Waals surface area contributed by atoms with E-state index in [9.17, 15) is 4.79 Å². The smallest absolute Gasteiger partial charge is 0.407 e. The highest BCUT2D eigenvalue weighted by Crippen LogP contribution is 2.15. The lowest BCUT2D eigenvalue weighted by atomic mass is 10.2. The second-order valence-corrected chi connectivity index (χ2v) is 4.79. The lowest BCUT2D eigenvalue weighted by molar-refractivity contribution is 0.132. The van der Waals surface area contributed by atoms with Crippen LogP contribution in [-0.2, 0) is 11.3 Å². The molecule has 0 radical (unpaired) electrons. The second-order valence-electron chi connectivity index (χ2n) is 3.94. The molecule has 0 aromatic heterocycles. The van der Waals surface area contributed by atoms with Gasteiger partial charge in [-0.1, -0.05) is 48.0 Å². The largest absolute Gasteiger partial charge is 0.449 e. The lowest BCUT2D eigenvalue weighted by Gasteiger charge is -2.09. The zero-order valence-electron chi connectivity index (χ0n) is 9.50. The summed E-state index contributed by atoms with van der Waals surface area (Å²) in [5.74, 6) is 0.356. The summed E-state index contributed by atoms with van der Waals surface area (Å²) >= 11 is 3.42. The first-order valence-electron chi connectivity index (χ1n) is 5.23. The molecule has 0 aliphatic rings. The topological polar surface area (TPSA) is 38.3 Å². The maximum Gasteiger partial charge on any atom is 0.407 e. The zero-order chi connectivity index (χ0) is 12.0. The van der Waals surface area contributed by atoms with Gasteiger partial charge in [-0.2, -0.15) is 0 Å². The fourth-order valence-electron chi connectivity index (χ4n) is 1.10. The van der Waals surface area contributed by atoms with Gasteiger partial charge >= 0.3 is 6.09 Å². The number of alkyl carbamates (subject to hydrolysis) is 1. The molecule has 0 fully saturated rings. The number of rotatable bonds is 4. The summed E-state index contributed by atoms with van der Waals surface area (Å²) in [4.78, 5) is 11.3. The molecule has 0 saturated carbocycles. The van der Waals surface area contributed by atoms with Gasteiger partial charge in [0.2, 0.25) is 0 Å². The van der Waals surface area contributed by atoms with Gasteiger partial charge in [0.25, 0.3) is 0 Å². The highest BCUT2D eigenvalue weighted by atomic mass is 79.9. The maximum absolute atomic E-state index is 11.3. The Morgan fingerprint density at radius 2 is 2.12 bits per heavy atom. The summed E-state index contributed by atoms with van der Waals surface area (Å²) in [6, 6.07) is 7.76. The van der Waals surface area contributed by atoms with E-state index in [4.69, 9.17) is 4.74 Å². The van der Waals surface area contributed by atoms with Crippen molar-refractivity contribution in [1.82, 2.24) is 5.32 Å². The van der Waals surface area contributed by atoms with Crippen LogP contribution in [-0.4, -0.2) is 12.7 Å². The van der Waals surface area contributed by atoms with E-state index in [1.54, 1.807) is 0 Å². The van der Waals surface area contributed by atoms with E-state index >= 15 is 0 Å². The van der Waals surface area contributed by atoms with Crippen molar-refractivity contribution in [2.75, 3.05) is 6.61 Å². The van der Waals surface area contributed by atoms with E-state index in [2.05, 4.69) is 21.2 Å². The molecule has 0 saturated heterocycles. The van der Waals surface area contributed by atoms with Crippen molar-refractivity contribution >= 4 is 22.0 Å². The minimum Gasteiger partial charge on any atom is -0.449 e. The molecule has 0 unspecified atom stereocenters. The van der Waals surface area contributed by atoms with Gasteiger partial charge in [0.1, 0.15) is 0 Å². The Morgan fingerprint density at radius 3 is 2.75 bits per heavy atom. The van der Waals surface area contributed by atoms with Gasteiger partial charge in [0.15, 0.2) is 0 Å². The third-order valence-electron chi connectivity index (χ3n) is 1.93. The monoisotopic (exact) mass is 285 g/mol. The van der Waals surface area contributed by atoms with Crippen molar-refractivity contribution in [2.24, 2.45) is 5.92 Å². The van der Waals surface area contributed by atoms with Gasteiger partial charge in [-0.15, -0.1) is 0 Å². The number of carbonyl (C=O) groups is 1. The SMILES string of the molecule is CC(C)COC(=O)NCc1ccccc1Br. The van der Waals surface area contributed by atoms with Crippen LogP contribution in [0.25, 0.3) is 0 Å². The van der Waals surface area contributed by atoms with Crippen molar-refractivity contribution in [3.8, 4) is 0 Å². The minimum atomic E-state index is -0.371. The van der Waals surface area contributed by atoms with Gasteiger partial charge in [0, 0.05) is 11.0 Å². The molecule has 0 bridgehead atoms. The third-order valence-corrected chi connectivity index (χ3v) is 2.70. The molecule has 0 spiro atoms. The summed E-state index contributed by atoms with van der Waals surface area (Å²) in [7, 11) is 0. The Hall–Kier alpha value is -1.03. The Balaban J connectivity index is 2.35. The van der Waals surface area contributed by atoms with Gasteiger partial charge in [-0.25, -0.2) is 4.79 Å². The summed E-state index contributed by atoms with van der Waals surface area (Å²) in [6.07, 6.45) is -0.371. The third kappa shape index (κ3) is 4.66. The number of ether oxygens (including phenoxy) is 1. The Bertz CT molecular complexity index is 353. The molecule has 3 nitrogen and oxygen atoms in total. The molecular weight excluding hydrogens is 270 g/mol. The quantitative estimate of drug-likeness (QED) is 0.922. The summed E-state index contributed by atoms with van der Waals surface area (Å²) in [5, 5.41) is 2.70. The molecular formula is C12H16BrNO2. The summed E-state index contributed by atoms with van der Waals surface area (Å²) in [5.41, 5.74) is 1.03. The number of halogens is 1. The standard InChI is InChI=1S/C12H16BrNO2/c1-9(2)8-16-12(15)14-7-10-5-3-4-6-11(10)13/h3-6,9H,7-8H2,1-2H3,(H,14,15). The van der Waals surface area contributed by atoms with Crippen LogP contribution in [0.3, 0.4) is 0 Å². The average molecular weight is 286 g/mol. The van der Waals surface area contributed by atoms with Crippen LogP contribution in [0.2, 0.25) is 0 Å². The number of hydrogen-bond donors (Lipinski definition) is 1. The molecule has 1 aromatic rings. The molecule has 1 aromatic carbocycles. The average Bonchev–Trinajstić information content (AvgIpc) is 2.25.